The average Bonchev–Trinajstić information content (AvgIpc) is 4.05. The van der Waals surface area contributed by atoms with Crippen molar-refractivity contribution in [2.24, 2.45) is 11.8 Å². The summed E-state index contributed by atoms with van der Waals surface area (Å²) in [5.41, 5.74) is 0.168. The number of carbonyl (C=O) groups excluding carboxylic acids is 3. The van der Waals surface area contributed by atoms with E-state index < -0.39 is 66.7 Å². The summed E-state index contributed by atoms with van der Waals surface area (Å²) in [6.45, 7) is 1.00. The highest BCUT2D eigenvalue weighted by molar-refractivity contribution is 7.74. The first-order chi connectivity index (χ1) is 26.5. The molecule has 304 valence electrons. The fourth-order valence-electron chi connectivity index (χ4n) is 5.33. The van der Waals surface area contributed by atoms with Gasteiger partial charge in [0, 0.05) is 18.8 Å². The minimum atomic E-state index is -3.34. The van der Waals surface area contributed by atoms with Crippen LogP contribution >= 0.6 is 23.2 Å². The molecule has 13 nitrogen and oxygen atoms in total. The standard InChI is InChI=1S/C38H42Cl2F2N2O11S/c1-38(2,3)55-35(46)18-44(56(48)49)29-12-24(8-10-30(29)50-19-22-4-5-22)13-34(45)52-21-36(47)53-32(15-26-27(39)16-43-17-28(26)40)25-9-11-31(54-37(41)42)33(14-25)51-20-23-6-7-23/h8-12,14,16-17,22-23,32,37,56H,4-7,13,15,18-21H2,1-3H3/t32-/m0/s1. The SMILES string of the molecule is CC(C)(C)OC(=O)CN(c1cc(CC(=O)OCC(=O)O[C@@H](Cc2c(Cl)cncc2Cl)c2ccc(OC(F)F)c(OCC3CC3)c2)ccc1OCC1CC1)[SH](=O)=O. The lowest BCUT2D eigenvalue weighted by Gasteiger charge is -2.24. The largest absolute Gasteiger partial charge is 0.491 e. The number of hydrogen-bond acceptors (Lipinski definition) is 12. The first-order valence-corrected chi connectivity index (χ1v) is 19.7. The second-order valence-electron chi connectivity index (χ2n) is 14.4. The minimum absolute atomic E-state index is 0.0172. The Balaban J connectivity index is 1.30. The summed E-state index contributed by atoms with van der Waals surface area (Å²) >= 11 is 12.7. The number of nitrogens with zero attached hydrogens (tertiary/aromatic N) is 2. The number of halogens is 4. The third-order valence-electron chi connectivity index (χ3n) is 8.41. The molecule has 2 aliphatic carbocycles. The van der Waals surface area contributed by atoms with E-state index in [1.54, 1.807) is 20.8 Å². The van der Waals surface area contributed by atoms with Crippen molar-refractivity contribution >= 4 is 57.7 Å². The molecule has 0 radical (unpaired) electrons. The lowest BCUT2D eigenvalue weighted by Crippen LogP contribution is -2.34. The summed E-state index contributed by atoms with van der Waals surface area (Å²) in [6, 6.07) is 8.54. The summed E-state index contributed by atoms with van der Waals surface area (Å²) < 4.78 is 84.6. The van der Waals surface area contributed by atoms with E-state index in [9.17, 15) is 31.6 Å². The molecular formula is C38H42Cl2F2N2O11S. The Morgan fingerprint density at radius 1 is 0.875 bits per heavy atom. The molecule has 0 N–H and O–H groups in total. The van der Waals surface area contributed by atoms with Gasteiger partial charge in [-0.2, -0.15) is 8.78 Å². The Morgan fingerprint density at radius 2 is 1.50 bits per heavy atom. The Kier molecular flexibility index (Phi) is 14.6. The number of thiol groups is 1. The second kappa shape index (κ2) is 19.2. The van der Waals surface area contributed by atoms with E-state index in [0.717, 1.165) is 30.0 Å². The molecule has 0 aliphatic heterocycles. The molecule has 1 aromatic heterocycles. The van der Waals surface area contributed by atoms with Gasteiger partial charge < -0.3 is 28.4 Å². The molecule has 18 heteroatoms. The average molecular weight is 844 g/mol. The van der Waals surface area contributed by atoms with Crippen molar-refractivity contribution in [1.29, 1.82) is 0 Å². The van der Waals surface area contributed by atoms with Crippen molar-refractivity contribution in [2.75, 3.05) is 30.7 Å². The van der Waals surface area contributed by atoms with E-state index in [0.29, 0.717) is 29.2 Å². The van der Waals surface area contributed by atoms with Gasteiger partial charge in [0.15, 0.2) is 18.1 Å². The molecule has 1 heterocycles. The van der Waals surface area contributed by atoms with Crippen LogP contribution in [0.2, 0.25) is 10.0 Å². The number of carbonyl (C=O) groups is 3. The highest BCUT2D eigenvalue weighted by Gasteiger charge is 2.28. The predicted octanol–water partition coefficient (Wildman–Crippen LogP) is 6.85. The Labute approximate surface area is 334 Å². The van der Waals surface area contributed by atoms with Gasteiger partial charge in [0.2, 0.25) is 10.9 Å². The summed E-state index contributed by atoms with van der Waals surface area (Å²) in [6.07, 6.45) is 4.98. The molecule has 56 heavy (non-hydrogen) atoms. The van der Waals surface area contributed by atoms with Gasteiger partial charge in [-0.1, -0.05) is 35.3 Å². The molecule has 2 aromatic carbocycles. The molecule has 3 aromatic rings. The highest BCUT2D eigenvalue weighted by Crippen LogP contribution is 2.38. The molecule has 1 atom stereocenters. The summed E-state index contributed by atoms with van der Waals surface area (Å²) in [7, 11) is -3.34. The zero-order valence-corrected chi connectivity index (χ0v) is 33.2. The summed E-state index contributed by atoms with van der Waals surface area (Å²) in [5.74, 6) is -1.99. The fraction of sp³-hybridized carbons (Fsp3) is 0.474. The van der Waals surface area contributed by atoms with E-state index in [1.807, 2.05) is 0 Å². The predicted molar refractivity (Wildman–Crippen MR) is 201 cm³/mol. The number of esters is 3. The van der Waals surface area contributed by atoms with Gasteiger partial charge in [0.1, 0.15) is 24.0 Å². The van der Waals surface area contributed by atoms with Gasteiger partial charge in [0.05, 0.1) is 35.4 Å². The molecule has 2 fully saturated rings. The third kappa shape index (κ3) is 13.4. The van der Waals surface area contributed by atoms with Gasteiger partial charge >= 0.3 is 24.5 Å². The summed E-state index contributed by atoms with van der Waals surface area (Å²) in [5, 5.41) is 0.365. The number of alkyl halides is 2. The topological polar surface area (TPSA) is 157 Å². The van der Waals surface area contributed by atoms with Gasteiger partial charge in [-0.25, -0.2) is 13.2 Å². The van der Waals surface area contributed by atoms with Crippen molar-refractivity contribution in [1.82, 2.24) is 4.98 Å². The number of benzene rings is 2. The minimum Gasteiger partial charge on any atom is -0.491 e. The van der Waals surface area contributed by atoms with Crippen LogP contribution in [0.4, 0.5) is 14.5 Å². The number of pyridine rings is 1. The van der Waals surface area contributed by atoms with Crippen LogP contribution in [-0.4, -0.2) is 69.9 Å². The monoisotopic (exact) mass is 842 g/mol. The fourth-order valence-corrected chi connectivity index (χ4v) is 6.42. The zero-order valence-electron chi connectivity index (χ0n) is 30.8. The first-order valence-electron chi connectivity index (χ1n) is 17.8. The van der Waals surface area contributed by atoms with Crippen LogP contribution in [0.5, 0.6) is 17.2 Å². The smallest absolute Gasteiger partial charge is 0.387 e. The molecule has 2 aliphatic rings. The second-order valence-corrected chi connectivity index (χ2v) is 16.2. The third-order valence-corrected chi connectivity index (χ3v) is 9.81. The maximum absolute atomic E-state index is 13.2. The summed E-state index contributed by atoms with van der Waals surface area (Å²) in [4.78, 5) is 42.8. The highest BCUT2D eigenvalue weighted by atomic mass is 35.5. The Bertz CT molecular complexity index is 1940. The van der Waals surface area contributed by atoms with E-state index in [-0.39, 0.29) is 51.9 Å². The maximum Gasteiger partial charge on any atom is 0.387 e. The Morgan fingerprint density at radius 3 is 2.09 bits per heavy atom. The van der Waals surface area contributed by atoms with E-state index in [4.69, 9.17) is 46.9 Å². The number of rotatable bonds is 20. The quantitative estimate of drug-likeness (QED) is 0.0718. The number of anilines is 1. The van der Waals surface area contributed by atoms with Gasteiger partial charge in [-0.3, -0.25) is 18.9 Å². The molecule has 0 bridgehead atoms. The van der Waals surface area contributed by atoms with E-state index in [2.05, 4.69) is 9.72 Å². The molecule has 0 unspecified atom stereocenters. The Hall–Kier alpha value is -4.41. The molecule has 0 saturated heterocycles. The number of aromatic nitrogens is 1. The first kappa shape index (κ1) is 42.7. The normalized spacial score (nSPS) is 14.6. The van der Waals surface area contributed by atoms with Crippen molar-refractivity contribution in [3.05, 3.63) is 75.5 Å². The molecular weight excluding hydrogens is 801 g/mol. The van der Waals surface area contributed by atoms with Crippen LogP contribution in [-0.2, 0) is 52.3 Å². The molecule has 0 spiro atoms. The molecule has 5 rings (SSSR count). The van der Waals surface area contributed by atoms with Crippen LogP contribution in [0.15, 0.2) is 48.8 Å². The van der Waals surface area contributed by atoms with Gasteiger partial charge in [0.25, 0.3) is 0 Å². The van der Waals surface area contributed by atoms with Crippen molar-refractivity contribution in [3.8, 4) is 17.2 Å². The van der Waals surface area contributed by atoms with Crippen molar-refractivity contribution < 1.29 is 60.0 Å². The lowest BCUT2D eigenvalue weighted by molar-refractivity contribution is -0.162. The van der Waals surface area contributed by atoms with Crippen LogP contribution in [0, 0.1) is 11.8 Å². The van der Waals surface area contributed by atoms with E-state index >= 15 is 0 Å². The van der Waals surface area contributed by atoms with Crippen LogP contribution in [0.25, 0.3) is 0 Å². The van der Waals surface area contributed by atoms with Crippen molar-refractivity contribution in [2.45, 2.75) is 77.6 Å². The number of hydrogen-bond donors (Lipinski definition) is 1. The van der Waals surface area contributed by atoms with Crippen LogP contribution < -0.4 is 18.5 Å². The number of ether oxygens (including phenoxy) is 6. The van der Waals surface area contributed by atoms with Gasteiger partial charge in [-0.05, 0) is 99.2 Å². The molecule has 0 amide bonds. The maximum atomic E-state index is 13.2. The zero-order chi connectivity index (χ0) is 40.6. The van der Waals surface area contributed by atoms with Gasteiger partial charge in [-0.15, -0.1) is 0 Å². The molecule has 2 saturated carbocycles. The van der Waals surface area contributed by atoms with Crippen LogP contribution in [0.3, 0.4) is 0 Å². The van der Waals surface area contributed by atoms with E-state index in [1.165, 1.54) is 48.8 Å². The van der Waals surface area contributed by atoms with Crippen LogP contribution in [0.1, 0.15) is 69.2 Å². The lowest BCUT2D eigenvalue weighted by atomic mass is 10.0. The van der Waals surface area contributed by atoms with Crippen molar-refractivity contribution in [3.63, 3.8) is 0 Å².